The Bertz CT molecular complexity index is 1340. The molecule has 8 heteroatoms. The van der Waals surface area contributed by atoms with Gasteiger partial charge in [-0.05, 0) is 54.2 Å². The van der Waals surface area contributed by atoms with E-state index in [1.54, 1.807) is 12.5 Å². The van der Waals surface area contributed by atoms with Crippen molar-refractivity contribution in [1.82, 2.24) is 19.3 Å². The molecule has 6 nitrogen and oxygen atoms in total. The van der Waals surface area contributed by atoms with Gasteiger partial charge in [0.25, 0.3) is 10.0 Å². The molecule has 1 N–H and O–H groups in total. The van der Waals surface area contributed by atoms with Crippen LogP contribution in [0.25, 0.3) is 22.3 Å². The Balaban J connectivity index is 1.70. The molecule has 174 valence electrons. The van der Waals surface area contributed by atoms with Crippen molar-refractivity contribution in [1.29, 1.82) is 0 Å². The monoisotopic (exact) mass is 482 g/mol. The van der Waals surface area contributed by atoms with E-state index < -0.39 is 10.0 Å². The minimum atomic E-state index is -3.57. The topological polar surface area (TPSA) is 76.9 Å². The molecule has 0 spiro atoms. The van der Waals surface area contributed by atoms with Crippen LogP contribution in [0.4, 0.5) is 0 Å². The van der Waals surface area contributed by atoms with Crippen molar-refractivity contribution in [3.8, 4) is 11.1 Å². The van der Waals surface area contributed by atoms with E-state index in [2.05, 4.69) is 58.2 Å². The van der Waals surface area contributed by atoms with Gasteiger partial charge in [-0.15, -0.1) is 11.3 Å². The Labute approximate surface area is 199 Å². The molecule has 0 aliphatic heterocycles. The number of nitrogens with one attached hydrogen (secondary N) is 1. The number of imidazole rings is 1. The van der Waals surface area contributed by atoms with E-state index in [0.717, 1.165) is 52.0 Å². The van der Waals surface area contributed by atoms with Gasteiger partial charge >= 0.3 is 0 Å². The van der Waals surface area contributed by atoms with Crippen LogP contribution in [0.1, 0.15) is 44.1 Å². The van der Waals surface area contributed by atoms with Crippen molar-refractivity contribution in [2.45, 2.75) is 50.8 Å². The number of hydrogen-bond acceptors (Lipinski definition) is 5. The molecule has 0 atom stereocenters. The summed E-state index contributed by atoms with van der Waals surface area (Å²) >= 11 is 1.39. The molecule has 4 rings (SSSR count). The smallest absolute Gasteiger partial charge is 0.250 e. The molecule has 0 saturated carbocycles. The quantitative estimate of drug-likeness (QED) is 0.303. The molecule has 3 heterocycles. The van der Waals surface area contributed by atoms with Crippen molar-refractivity contribution in [3.05, 3.63) is 65.4 Å². The van der Waals surface area contributed by atoms with E-state index >= 15 is 0 Å². The second-order valence-corrected chi connectivity index (χ2v) is 11.8. The van der Waals surface area contributed by atoms with E-state index in [4.69, 9.17) is 0 Å². The fourth-order valence-corrected chi connectivity index (χ4v) is 6.90. The molecule has 0 radical (unpaired) electrons. The zero-order chi connectivity index (χ0) is 23.4. The van der Waals surface area contributed by atoms with E-state index in [1.807, 2.05) is 24.3 Å². The fraction of sp³-hybridized carbons (Fsp3) is 0.360. The average molecular weight is 483 g/mol. The van der Waals surface area contributed by atoms with E-state index in [-0.39, 0.29) is 0 Å². The van der Waals surface area contributed by atoms with Gasteiger partial charge in [-0.3, -0.25) is 0 Å². The maximum Gasteiger partial charge on any atom is 0.250 e. The van der Waals surface area contributed by atoms with Crippen molar-refractivity contribution >= 4 is 32.5 Å². The molecule has 1 aromatic carbocycles. The summed E-state index contributed by atoms with van der Waals surface area (Å²) in [5.41, 5.74) is 4.46. The first kappa shape index (κ1) is 23.6. The highest BCUT2D eigenvalue weighted by Crippen LogP contribution is 2.36. The summed E-state index contributed by atoms with van der Waals surface area (Å²) in [6.07, 6.45) is 6.15. The SMILES string of the molecule is CCCCNS(=O)(=O)c1sc(CC(C)C)cc1-c1cccc(Cn2cnc3ncccc32)c1. The number of nitrogens with zero attached hydrogens (tertiary/aromatic N) is 3. The molecule has 33 heavy (non-hydrogen) atoms. The van der Waals surface area contributed by atoms with Crippen LogP contribution in [0.15, 0.2) is 59.2 Å². The highest BCUT2D eigenvalue weighted by molar-refractivity contribution is 7.91. The second-order valence-electron chi connectivity index (χ2n) is 8.68. The molecule has 0 unspecified atom stereocenters. The number of sulfonamides is 1. The van der Waals surface area contributed by atoms with Gasteiger partial charge in [0.15, 0.2) is 5.65 Å². The fourth-order valence-electron chi connectivity index (χ4n) is 3.83. The third-order valence-electron chi connectivity index (χ3n) is 5.41. The summed E-state index contributed by atoms with van der Waals surface area (Å²) in [7, 11) is -3.57. The summed E-state index contributed by atoms with van der Waals surface area (Å²) < 4.78 is 31.6. The number of thiophene rings is 1. The molecule has 4 aromatic rings. The summed E-state index contributed by atoms with van der Waals surface area (Å²) in [5.74, 6) is 0.453. The van der Waals surface area contributed by atoms with Gasteiger partial charge in [0.2, 0.25) is 0 Å². The normalized spacial score (nSPS) is 12.1. The minimum Gasteiger partial charge on any atom is -0.325 e. The van der Waals surface area contributed by atoms with Gasteiger partial charge in [-0.2, -0.15) is 0 Å². The van der Waals surface area contributed by atoms with Gasteiger partial charge in [-0.1, -0.05) is 45.4 Å². The molecular weight excluding hydrogens is 452 g/mol. The number of benzene rings is 1. The Morgan fingerprint density at radius 3 is 2.76 bits per heavy atom. The van der Waals surface area contributed by atoms with Crippen LogP contribution in [0.3, 0.4) is 0 Å². The van der Waals surface area contributed by atoms with E-state index in [0.29, 0.717) is 23.2 Å². The van der Waals surface area contributed by atoms with Gasteiger partial charge in [0.05, 0.1) is 11.8 Å². The lowest BCUT2D eigenvalue weighted by Gasteiger charge is -2.09. The minimum absolute atomic E-state index is 0.406. The highest BCUT2D eigenvalue weighted by Gasteiger charge is 2.23. The maximum atomic E-state index is 13.2. The molecule has 0 bridgehead atoms. The van der Waals surface area contributed by atoms with Gasteiger partial charge in [-0.25, -0.2) is 23.1 Å². The molecule has 0 saturated heterocycles. The van der Waals surface area contributed by atoms with Gasteiger partial charge in [0.1, 0.15) is 4.21 Å². The number of pyridine rings is 1. The average Bonchev–Trinajstić information content (AvgIpc) is 3.39. The first-order valence-corrected chi connectivity index (χ1v) is 13.6. The Morgan fingerprint density at radius 1 is 1.12 bits per heavy atom. The number of rotatable bonds is 10. The first-order chi connectivity index (χ1) is 15.9. The Kier molecular flexibility index (Phi) is 7.26. The summed E-state index contributed by atoms with van der Waals surface area (Å²) in [4.78, 5) is 9.76. The van der Waals surface area contributed by atoms with Crippen LogP contribution < -0.4 is 4.72 Å². The van der Waals surface area contributed by atoms with Crippen LogP contribution >= 0.6 is 11.3 Å². The lowest BCUT2D eigenvalue weighted by atomic mass is 10.0. The number of aromatic nitrogens is 3. The van der Waals surface area contributed by atoms with Crippen molar-refractivity contribution in [2.24, 2.45) is 5.92 Å². The molecule has 0 fully saturated rings. The van der Waals surface area contributed by atoms with Crippen LogP contribution in [0.5, 0.6) is 0 Å². The largest absolute Gasteiger partial charge is 0.325 e. The summed E-state index contributed by atoms with van der Waals surface area (Å²) in [5, 5.41) is 0. The van der Waals surface area contributed by atoms with Crippen LogP contribution in [-0.2, 0) is 23.0 Å². The molecule has 0 amide bonds. The molecule has 0 aliphatic rings. The predicted molar refractivity (Wildman–Crippen MR) is 135 cm³/mol. The van der Waals surface area contributed by atoms with Gasteiger partial charge in [0, 0.05) is 29.7 Å². The van der Waals surface area contributed by atoms with E-state index in [1.165, 1.54) is 11.3 Å². The van der Waals surface area contributed by atoms with Gasteiger partial charge < -0.3 is 4.57 Å². The summed E-state index contributed by atoms with van der Waals surface area (Å²) in [6.45, 7) is 7.44. The number of unbranched alkanes of at least 4 members (excludes halogenated alkanes) is 1. The van der Waals surface area contributed by atoms with Crippen LogP contribution in [0.2, 0.25) is 0 Å². The second kappa shape index (κ2) is 10.2. The number of fused-ring (bicyclic) bond motifs is 1. The molecule has 0 aliphatic carbocycles. The Morgan fingerprint density at radius 2 is 1.97 bits per heavy atom. The lowest BCUT2D eigenvalue weighted by molar-refractivity contribution is 0.580. The van der Waals surface area contributed by atoms with Crippen LogP contribution in [-0.4, -0.2) is 29.5 Å². The third-order valence-corrected chi connectivity index (χ3v) is 8.56. The van der Waals surface area contributed by atoms with Crippen molar-refractivity contribution < 1.29 is 8.42 Å². The predicted octanol–water partition coefficient (Wildman–Crippen LogP) is 5.49. The maximum absolute atomic E-state index is 13.2. The van der Waals surface area contributed by atoms with Crippen LogP contribution in [0, 0.1) is 5.92 Å². The molecular formula is C25H30N4O2S2. The zero-order valence-corrected chi connectivity index (χ0v) is 20.9. The zero-order valence-electron chi connectivity index (χ0n) is 19.3. The van der Waals surface area contributed by atoms with Crippen molar-refractivity contribution in [3.63, 3.8) is 0 Å². The highest BCUT2D eigenvalue weighted by atomic mass is 32.2. The number of hydrogen-bond donors (Lipinski definition) is 1. The standard InChI is InChI=1S/C25H30N4O2S2/c1-4-5-12-28-33(30,31)25-22(15-21(32-25)13-18(2)3)20-9-6-8-19(14-20)16-29-17-27-24-23(29)10-7-11-26-24/h6-11,14-15,17-18,28H,4-5,12-13,16H2,1-3H3. The Hall–Kier alpha value is -2.55. The lowest BCUT2D eigenvalue weighted by Crippen LogP contribution is -2.24. The molecule has 3 aromatic heterocycles. The first-order valence-electron chi connectivity index (χ1n) is 11.3. The third kappa shape index (κ3) is 5.51. The van der Waals surface area contributed by atoms with E-state index in [9.17, 15) is 8.42 Å². The van der Waals surface area contributed by atoms with Crippen molar-refractivity contribution in [2.75, 3.05) is 6.54 Å². The summed E-state index contributed by atoms with van der Waals surface area (Å²) in [6, 6.07) is 14.1.